The average molecular weight is 377 g/mol. The highest BCUT2D eigenvalue weighted by molar-refractivity contribution is 7.16. The third-order valence-corrected chi connectivity index (χ3v) is 5.22. The van der Waals surface area contributed by atoms with Crippen LogP contribution in [0.5, 0.6) is 17.2 Å². The summed E-state index contributed by atoms with van der Waals surface area (Å²) in [6.07, 6.45) is 0. The number of thiazole rings is 1. The molecule has 1 aromatic heterocycles. The maximum Gasteiger partial charge on any atom is 0.283 e. The van der Waals surface area contributed by atoms with Gasteiger partial charge >= 0.3 is 0 Å². The van der Waals surface area contributed by atoms with Gasteiger partial charge in [-0.3, -0.25) is 4.79 Å². The first-order chi connectivity index (χ1) is 12.1. The lowest BCUT2D eigenvalue weighted by atomic mass is 10.2. The molecule has 2 heterocycles. The minimum Gasteiger partial charge on any atom is -0.496 e. The van der Waals surface area contributed by atoms with E-state index in [1.807, 2.05) is 23.7 Å². The minimum absolute atomic E-state index is 0.223. The smallest absolute Gasteiger partial charge is 0.283 e. The number of aromatic nitrogens is 1. The van der Waals surface area contributed by atoms with Crippen molar-refractivity contribution in [2.75, 3.05) is 13.9 Å². The first kappa shape index (κ1) is 16.0. The summed E-state index contributed by atoms with van der Waals surface area (Å²) in [6, 6.07) is 8.65. The molecule has 6 nitrogen and oxygen atoms in total. The molecule has 8 heteroatoms. The van der Waals surface area contributed by atoms with Gasteiger partial charge in [0.15, 0.2) is 16.3 Å². The van der Waals surface area contributed by atoms with Gasteiger partial charge in [-0.25, -0.2) is 0 Å². The Labute approximate surface area is 151 Å². The Balaban J connectivity index is 1.83. The highest BCUT2D eigenvalue weighted by atomic mass is 35.5. The van der Waals surface area contributed by atoms with E-state index < -0.39 is 5.91 Å². The molecule has 0 saturated carbocycles. The Morgan fingerprint density at radius 1 is 1.28 bits per heavy atom. The van der Waals surface area contributed by atoms with Crippen LogP contribution in [0, 0.1) is 0 Å². The van der Waals surface area contributed by atoms with Crippen molar-refractivity contribution in [3.05, 3.63) is 45.7 Å². The molecular formula is C17H13ClN2O4S. The Bertz CT molecular complexity index is 1070. The van der Waals surface area contributed by atoms with E-state index in [-0.39, 0.29) is 6.79 Å². The summed E-state index contributed by atoms with van der Waals surface area (Å²) in [6.45, 7) is 0.223. The zero-order valence-electron chi connectivity index (χ0n) is 13.4. The molecule has 0 bridgehead atoms. The molecule has 128 valence electrons. The highest BCUT2D eigenvalue weighted by Crippen LogP contribution is 2.36. The van der Waals surface area contributed by atoms with Gasteiger partial charge in [-0.15, -0.1) is 0 Å². The van der Waals surface area contributed by atoms with Crippen LogP contribution in [-0.2, 0) is 7.05 Å². The van der Waals surface area contributed by atoms with Gasteiger partial charge in [-0.1, -0.05) is 22.9 Å². The molecule has 0 aliphatic carbocycles. The third kappa shape index (κ3) is 2.75. The van der Waals surface area contributed by atoms with Crippen LogP contribution in [0.15, 0.2) is 35.3 Å². The number of carbonyl (C=O) groups excluding carboxylic acids is 1. The van der Waals surface area contributed by atoms with E-state index >= 15 is 0 Å². The van der Waals surface area contributed by atoms with Crippen LogP contribution in [0.1, 0.15) is 10.4 Å². The van der Waals surface area contributed by atoms with Crippen molar-refractivity contribution in [1.82, 2.24) is 4.57 Å². The van der Waals surface area contributed by atoms with Gasteiger partial charge in [0.05, 0.1) is 22.9 Å². The topological polar surface area (TPSA) is 62.0 Å². The zero-order valence-corrected chi connectivity index (χ0v) is 15.0. The fraction of sp³-hybridized carbons (Fsp3) is 0.176. The van der Waals surface area contributed by atoms with E-state index in [9.17, 15) is 4.79 Å². The van der Waals surface area contributed by atoms with Gasteiger partial charge in [-0.2, -0.15) is 4.99 Å². The number of hydrogen-bond acceptors (Lipinski definition) is 5. The second-order valence-electron chi connectivity index (χ2n) is 5.38. The number of fused-ring (bicyclic) bond motifs is 2. The van der Waals surface area contributed by atoms with Crippen LogP contribution in [0.4, 0.5) is 0 Å². The second-order valence-corrected chi connectivity index (χ2v) is 6.82. The average Bonchev–Trinajstić information content (AvgIpc) is 3.17. The maximum absolute atomic E-state index is 12.6. The van der Waals surface area contributed by atoms with Crippen LogP contribution < -0.4 is 19.0 Å². The highest BCUT2D eigenvalue weighted by Gasteiger charge is 2.17. The molecule has 1 amide bonds. The molecule has 0 spiro atoms. The fourth-order valence-corrected chi connectivity index (χ4v) is 3.82. The lowest BCUT2D eigenvalue weighted by Gasteiger charge is -2.05. The summed E-state index contributed by atoms with van der Waals surface area (Å²) >= 11 is 7.39. The number of hydrogen-bond donors (Lipinski definition) is 0. The van der Waals surface area contributed by atoms with E-state index in [2.05, 4.69) is 4.99 Å². The van der Waals surface area contributed by atoms with E-state index in [1.54, 1.807) is 18.2 Å². The predicted molar refractivity (Wildman–Crippen MR) is 94.8 cm³/mol. The number of carbonyl (C=O) groups is 1. The molecular weight excluding hydrogens is 364 g/mol. The van der Waals surface area contributed by atoms with Gasteiger partial charge in [0.25, 0.3) is 5.91 Å². The standard InChI is InChI=1S/C17H13ClN2O4S/c1-20-11-6-13-14(24-8-23-13)7-15(11)25-17(20)19-16(21)10-5-9(18)3-4-12(10)22-2/h3-7H,8H2,1-2H3. The third-order valence-electron chi connectivity index (χ3n) is 3.89. The zero-order chi connectivity index (χ0) is 17.6. The quantitative estimate of drug-likeness (QED) is 0.688. The van der Waals surface area contributed by atoms with Crippen LogP contribution >= 0.6 is 22.9 Å². The largest absolute Gasteiger partial charge is 0.496 e. The Morgan fingerprint density at radius 2 is 2.04 bits per heavy atom. The number of ether oxygens (including phenoxy) is 3. The van der Waals surface area contributed by atoms with Crippen molar-refractivity contribution in [1.29, 1.82) is 0 Å². The van der Waals surface area contributed by atoms with Crippen LogP contribution in [0.25, 0.3) is 10.2 Å². The van der Waals surface area contributed by atoms with E-state index in [0.717, 1.165) is 10.2 Å². The Hall–Kier alpha value is -2.51. The summed E-state index contributed by atoms with van der Waals surface area (Å²) in [5.74, 6) is 1.41. The summed E-state index contributed by atoms with van der Waals surface area (Å²) in [5.41, 5.74) is 1.24. The molecule has 1 aliphatic rings. The van der Waals surface area contributed by atoms with E-state index in [0.29, 0.717) is 32.6 Å². The normalized spacial score (nSPS) is 13.5. The summed E-state index contributed by atoms with van der Waals surface area (Å²) < 4.78 is 18.8. The summed E-state index contributed by atoms with van der Waals surface area (Å²) in [5, 5.41) is 0.450. The van der Waals surface area contributed by atoms with Crippen molar-refractivity contribution in [3.8, 4) is 17.2 Å². The number of amides is 1. The fourth-order valence-electron chi connectivity index (χ4n) is 2.62. The molecule has 0 N–H and O–H groups in total. The number of aryl methyl sites for hydroxylation is 1. The van der Waals surface area contributed by atoms with Crippen LogP contribution in [0.3, 0.4) is 0 Å². The first-order valence-corrected chi connectivity index (χ1v) is 8.58. The SMILES string of the molecule is COc1ccc(Cl)cc1C(=O)N=c1sc2cc3c(cc2n1C)OCO3. The van der Waals surface area contributed by atoms with Crippen molar-refractivity contribution in [2.45, 2.75) is 0 Å². The van der Waals surface area contributed by atoms with E-state index in [1.165, 1.54) is 18.4 Å². The molecule has 0 atom stereocenters. The van der Waals surface area contributed by atoms with Crippen molar-refractivity contribution in [2.24, 2.45) is 12.0 Å². The van der Waals surface area contributed by atoms with Crippen LogP contribution in [0.2, 0.25) is 5.02 Å². The Morgan fingerprint density at radius 3 is 2.80 bits per heavy atom. The number of methoxy groups -OCH3 is 1. The molecule has 4 rings (SSSR count). The molecule has 0 saturated heterocycles. The van der Waals surface area contributed by atoms with Gasteiger partial charge in [0.1, 0.15) is 5.75 Å². The maximum atomic E-state index is 12.6. The van der Waals surface area contributed by atoms with Crippen LogP contribution in [-0.4, -0.2) is 24.4 Å². The minimum atomic E-state index is -0.415. The number of benzene rings is 2. The molecule has 0 radical (unpaired) electrons. The lowest BCUT2D eigenvalue weighted by molar-refractivity contribution is 0.0995. The van der Waals surface area contributed by atoms with Gasteiger partial charge in [-0.05, 0) is 18.2 Å². The second kappa shape index (κ2) is 6.09. The molecule has 0 fully saturated rings. The van der Waals surface area contributed by atoms with Crippen molar-refractivity contribution < 1.29 is 19.0 Å². The molecule has 25 heavy (non-hydrogen) atoms. The van der Waals surface area contributed by atoms with E-state index in [4.69, 9.17) is 25.8 Å². The molecule has 0 unspecified atom stereocenters. The summed E-state index contributed by atoms with van der Waals surface area (Å²) in [7, 11) is 3.35. The molecule has 1 aliphatic heterocycles. The van der Waals surface area contributed by atoms with Gasteiger partial charge in [0.2, 0.25) is 6.79 Å². The van der Waals surface area contributed by atoms with Gasteiger partial charge in [0, 0.05) is 24.2 Å². The van der Waals surface area contributed by atoms with Crippen molar-refractivity contribution >= 4 is 39.1 Å². The lowest BCUT2D eigenvalue weighted by Crippen LogP contribution is -2.13. The van der Waals surface area contributed by atoms with Gasteiger partial charge < -0.3 is 18.8 Å². The monoisotopic (exact) mass is 376 g/mol. The number of nitrogens with zero attached hydrogens (tertiary/aromatic N) is 2. The Kier molecular flexibility index (Phi) is 3.89. The van der Waals surface area contributed by atoms with Crippen molar-refractivity contribution in [3.63, 3.8) is 0 Å². The molecule has 2 aromatic carbocycles. The number of halogens is 1. The number of rotatable bonds is 2. The first-order valence-electron chi connectivity index (χ1n) is 7.38. The molecule has 3 aromatic rings. The predicted octanol–water partition coefficient (Wildman–Crippen LogP) is 3.37. The summed E-state index contributed by atoms with van der Waals surface area (Å²) in [4.78, 5) is 17.4.